The van der Waals surface area contributed by atoms with E-state index in [1.807, 2.05) is 5.32 Å². The van der Waals surface area contributed by atoms with E-state index in [0.717, 1.165) is 11.4 Å². The van der Waals surface area contributed by atoms with Crippen LogP contribution in [0.15, 0.2) is 42.5 Å². The first-order valence-electron chi connectivity index (χ1n) is 11.8. The molecule has 0 saturated heterocycles. The zero-order valence-corrected chi connectivity index (χ0v) is 25.6. The van der Waals surface area contributed by atoms with E-state index >= 15 is 0 Å². The number of carbonyl (C=O) groups is 3. The largest absolute Gasteiger partial charge is 0.383 e. The number of benzene rings is 3. The molecule has 44 heavy (non-hydrogen) atoms. The molecule has 1 aliphatic carbocycles. The van der Waals surface area contributed by atoms with Crippen LogP contribution in [-0.4, -0.2) is 34.4 Å². The maximum Gasteiger partial charge on any atom is 0.383 e. The van der Waals surface area contributed by atoms with Crippen LogP contribution in [-0.2, 0) is 9.59 Å². The molecule has 0 aliphatic heterocycles. The fraction of sp³-hybridized carbons (Fsp3) is 0.192. The predicted octanol–water partition coefficient (Wildman–Crippen LogP) is 9.20. The Balaban J connectivity index is 1.52. The third-order valence-corrected chi connectivity index (χ3v) is 8.80. The van der Waals surface area contributed by atoms with E-state index in [2.05, 4.69) is 5.32 Å². The summed E-state index contributed by atoms with van der Waals surface area (Å²) in [6, 6.07) is 7.64. The van der Waals surface area contributed by atoms with Gasteiger partial charge in [0.15, 0.2) is 5.82 Å². The molecule has 3 aromatic carbocycles. The Kier molecular flexibility index (Phi) is 9.85. The van der Waals surface area contributed by atoms with Crippen molar-refractivity contribution >= 4 is 104 Å². The molecular weight excluding hydrogens is 729 g/mol. The first kappa shape index (κ1) is 34.3. The Hall–Kier alpha value is -2.61. The lowest BCUT2D eigenvalue weighted by atomic mass is 10.1. The molecule has 0 radical (unpaired) electrons. The Morgan fingerprint density at radius 3 is 2.05 bits per heavy atom. The van der Waals surface area contributed by atoms with Gasteiger partial charge in [0.05, 0.1) is 37.3 Å². The number of rotatable bonds is 8. The van der Waals surface area contributed by atoms with Crippen molar-refractivity contribution in [2.45, 2.75) is 22.6 Å². The van der Waals surface area contributed by atoms with Gasteiger partial charge in [-0.25, -0.2) is 17.6 Å². The Morgan fingerprint density at radius 2 is 1.45 bits per heavy atom. The molecule has 3 amide bonds. The molecule has 3 N–H and O–H groups in total. The van der Waals surface area contributed by atoms with Crippen molar-refractivity contribution in [3.05, 3.63) is 85.3 Å². The van der Waals surface area contributed by atoms with Crippen molar-refractivity contribution in [1.29, 1.82) is 0 Å². The molecule has 3 aromatic rings. The smallest absolute Gasteiger partial charge is 0.326 e. The van der Waals surface area contributed by atoms with E-state index in [9.17, 15) is 40.7 Å². The monoisotopic (exact) mass is 739 g/mol. The van der Waals surface area contributed by atoms with Crippen LogP contribution in [0.4, 0.5) is 43.4 Å². The number of anilines is 3. The van der Waals surface area contributed by atoms with Crippen LogP contribution >= 0.6 is 69.6 Å². The van der Waals surface area contributed by atoms with Gasteiger partial charge in [-0.15, -0.1) is 23.2 Å². The maximum absolute atomic E-state index is 14.9. The second-order valence-corrected chi connectivity index (χ2v) is 12.3. The van der Waals surface area contributed by atoms with Crippen molar-refractivity contribution in [1.82, 2.24) is 0 Å². The summed E-state index contributed by atoms with van der Waals surface area (Å²) in [5.74, 6) is -14.9. The highest BCUT2D eigenvalue weighted by atomic mass is 35.5. The van der Waals surface area contributed by atoms with E-state index in [4.69, 9.17) is 69.6 Å². The lowest BCUT2D eigenvalue weighted by Crippen LogP contribution is -2.41. The summed E-state index contributed by atoms with van der Waals surface area (Å²) in [6.07, 6.45) is -4.46. The number of carbonyl (C=O) groups excluding carboxylic acids is 3. The number of nitrogens with one attached hydrogen (secondary N) is 3. The predicted molar refractivity (Wildman–Crippen MR) is 156 cm³/mol. The minimum atomic E-state index is -5.27. The second-order valence-electron chi connectivity index (χ2n) is 9.23. The highest BCUT2D eigenvalue weighted by Crippen LogP contribution is 2.65. The molecular formula is C26H13Cl6F6N3O3. The van der Waals surface area contributed by atoms with Gasteiger partial charge in [0.2, 0.25) is 5.91 Å². The molecule has 234 valence electrons. The molecule has 0 heterocycles. The zero-order chi connectivity index (χ0) is 32.9. The summed E-state index contributed by atoms with van der Waals surface area (Å²) in [5.41, 5.74) is -2.27. The number of alkyl halides is 6. The standard InChI is InChI=1S/C26H13Cl6F6N3O3/c27-11-2-1-9(39-22(43)17-16(25(17,31)32)8-5-12(28)18(30)13(29)6-8)7-10(11)21(42)40-15-4-3-14(33)20(19(15)34)41-24(44)26(37,38)23(35)36/h1-7,16-17,23H,(H,39,43)(H,40,42)(H,41,44)/t16-,17+/m0/s1. The van der Waals surface area contributed by atoms with Crippen molar-refractivity contribution in [2.24, 2.45) is 5.92 Å². The van der Waals surface area contributed by atoms with Crippen LogP contribution in [0.5, 0.6) is 0 Å². The molecule has 0 bridgehead atoms. The van der Waals surface area contributed by atoms with Gasteiger partial charge in [0.1, 0.15) is 15.8 Å². The zero-order valence-electron chi connectivity index (χ0n) is 21.0. The van der Waals surface area contributed by atoms with Crippen molar-refractivity contribution in [3.8, 4) is 0 Å². The van der Waals surface area contributed by atoms with Crippen LogP contribution in [0.3, 0.4) is 0 Å². The molecule has 1 fully saturated rings. The van der Waals surface area contributed by atoms with E-state index in [0.29, 0.717) is 17.7 Å². The molecule has 0 unspecified atom stereocenters. The van der Waals surface area contributed by atoms with Gasteiger partial charge in [-0.05, 0) is 48.0 Å². The van der Waals surface area contributed by atoms with Gasteiger partial charge < -0.3 is 16.0 Å². The number of amides is 3. The van der Waals surface area contributed by atoms with E-state index in [-0.39, 0.29) is 31.3 Å². The molecule has 0 spiro atoms. The normalized spacial score (nSPS) is 17.3. The van der Waals surface area contributed by atoms with Crippen LogP contribution in [0, 0.1) is 17.6 Å². The van der Waals surface area contributed by atoms with Crippen LogP contribution in [0.2, 0.25) is 20.1 Å². The third-order valence-electron chi connectivity index (χ3n) is 6.33. The lowest BCUT2D eigenvalue weighted by Gasteiger charge is -2.17. The quantitative estimate of drug-likeness (QED) is 0.122. The highest BCUT2D eigenvalue weighted by molar-refractivity contribution is 6.54. The van der Waals surface area contributed by atoms with Gasteiger partial charge >= 0.3 is 18.3 Å². The minimum Gasteiger partial charge on any atom is -0.326 e. The summed E-state index contributed by atoms with van der Waals surface area (Å²) < 4.78 is 78.9. The van der Waals surface area contributed by atoms with Crippen LogP contribution in [0.25, 0.3) is 0 Å². The third kappa shape index (κ3) is 6.66. The second kappa shape index (κ2) is 12.6. The fourth-order valence-electron chi connectivity index (χ4n) is 4.07. The van der Waals surface area contributed by atoms with Gasteiger partial charge in [0.25, 0.3) is 5.91 Å². The van der Waals surface area contributed by atoms with E-state index in [1.54, 1.807) is 0 Å². The summed E-state index contributed by atoms with van der Waals surface area (Å²) in [4.78, 5) is 37.5. The maximum atomic E-state index is 14.9. The molecule has 4 rings (SSSR count). The SMILES string of the molecule is O=C(Nc1ccc(F)c(NC(=O)C(F)(F)C(F)F)c1F)c1cc(NC(=O)[C@H]2[C@H](c3cc(Cl)c(Cl)c(Cl)c3)C2(Cl)Cl)ccc1Cl. The summed E-state index contributed by atoms with van der Waals surface area (Å²) in [5, 5.41) is 5.68. The molecule has 1 saturated carbocycles. The number of hydrogen-bond donors (Lipinski definition) is 3. The topological polar surface area (TPSA) is 87.3 Å². The van der Waals surface area contributed by atoms with Gasteiger partial charge in [-0.3, -0.25) is 14.4 Å². The molecule has 18 heteroatoms. The molecule has 6 nitrogen and oxygen atoms in total. The average Bonchev–Trinajstić information content (AvgIpc) is 3.53. The number of halogens is 12. The first-order chi connectivity index (χ1) is 20.4. The van der Waals surface area contributed by atoms with Crippen LogP contribution < -0.4 is 16.0 Å². The lowest BCUT2D eigenvalue weighted by molar-refractivity contribution is -0.163. The van der Waals surface area contributed by atoms with E-state index in [1.165, 1.54) is 24.3 Å². The van der Waals surface area contributed by atoms with Crippen molar-refractivity contribution in [3.63, 3.8) is 0 Å². The first-order valence-corrected chi connectivity index (χ1v) is 14.0. The summed E-state index contributed by atoms with van der Waals surface area (Å²) in [6.45, 7) is 0. The van der Waals surface area contributed by atoms with Gasteiger partial charge in [0, 0.05) is 11.6 Å². The number of hydrogen-bond acceptors (Lipinski definition) is 3. The Labute approximate surface area is 273 Å². The van der Waals surface area contributed by atoms with Crippen molar-refractivity contribution in [2.75, 3.05) is 16.0 Å². The summed E-state index contributed by atoms with van der Waals surface area (Å²) >= 11 is 36.9. The molecule has 2 atom stereocenters. The van der Waals surface area contributed by atoms with Crippen LogP contribution in [0.1, 0.15) is 21.8 Å². The minimum absolute atomic E-state index is 0.00765. The Bertz CT molecular complexity index is 1670. The molecule has 0 aromatic heterocycles. The highest BCUT2D eigenvalue weighted by Gasteiger charge is 2.67. The molecule has 1 aliphatic rings. The van der Waals surface area contributed by atoms with Crippen molar-refractivity contribution < 1.29 is 40.7 Å². The van der Waals surface area contributed by atoms with Gasteiger partial charge in [-0.1, -0.05) is 46.4 Å². The van der Waals surface area contributed by atoms with E-state index < -0.39 is 69.2 Å². The fourth-order valence-corrected chi connectivity index (χ4v) is 5.71. The summed E-state index contributed by atoms with van der Waals surface area (Å²) in [7, 11) is 0. The van der Waals surface area contributed by atoms with Gasteiger partial charge in [-0.2, -0.15) is 8.78 Å². The average molecular weight is 742 g/mol. The Morgan fingerprint density at radius 1 is 0.841 bits per heavy atom.